The Morgan fingerprint density at radius 2 is 2.13 bits per heavy atom. The van der Waals surface area contributed by atoms with E-state index in [9.17, 15) is 9.90 Å². The number of rotatable bonds is 5. The van der Waals surface area contributed by atoms with Crippen molar-refractivity contribution in [1.29, 1.82) is 0 Å². The summed E-state index contributed by atoms with van der Waals surface area (Å²) in [4.78, 5) is 12.2. The molecule has 3 rings (SSSR count). The molecule has 2 aromatic rings. The van der Waals surface area contributed by atoms with Crippen molar-refractivity contribution in [3.8, 4) is 11.5 Å². The number of benzene rings is 2. The molecule has 1 aliphatic heterocycles. The van der Waals surface area contributed by atoms with Gasteiger partial charge in [0.2, 0.25) is 0 Å². The lowest BCUT2D eigenvalue weighted by Gasteiger charge is -2.12. The molecular formula is C18H19NO4. The Hall–Kier alpha value is -2.53. The van der Waals surface area contributed by atoms with E-state index in [1.165, 1.54) is 6.07 Å². The number of phenolic OH excluding ortho intramolecular Hbond substituents is 1. The highest BCUT2D eigenvalue weighted by Crippen LogP contribution is 2.22. The van der Waals surface area contributed by atoms with E-state index in [4.69, 9.17) is 9.47 Å². The topological polar surface area (TPSA) is 67.8 Å². The second-order valence-electron chi connectivity index (χ2n) is 5.45. The number of carbonyl (C=O) groups excluding carboxylic acids is 1. The van der Waals surface area contributed by atoms with Gasteiger partial charge in [-0.25, -0.2) is 0 Å². The number of nitrogens with one attached hydrogen (secondary N) is 1. The van der Waals surface area contributed by atoms with Gasteiger partial charge in [-0.1, -0.05) is 18.2 Å². The summed E-state index contributed by atoms with van der Waals surface area (Å²) in [6, 6.07) is 13.6. The minimum absolute atomic E-state index is 0.0456. The molecule has 5 nitrogen and oxygen atoms in total. The van der Waals surface area contributed by atoms with E-state index in [2.05, 4.69) is 5.32 Å². The summed E-state index contributed by atoms with van der Waals surface area (Å²) in [5.41, 5.74) is 0.848. The summed E-state index contributed by atoms with van der Waals surface area (Å²) in [5.74, 6) is 0.269. The number of ether oxygens (including phenoxy) is 2. The van der Waals surface area contributed by atoms with Gasteiger partial charge in [-0.3, -0.25) is 4.79 Å². The zero-order chi connectivity index (χ0) is 16.1. The lowest BCUT2D eigenvalue weighted by atomic mass is 10.2. The Bertz CT molecular complexity index is 680. The van der Waals surface area contributed by atoms with Gasteiger partial charge < -0.3 is 19.9 Å². The van der Waals surface area contributed by atoms with Crippen molar-refractivity contribution >= 4 is 11.6 Å². The van der Waals surface area contributed by atoms with Crippen LogP contribution in [0.15, 0.2) is 48.5 Å². The van der Waals surface area contributed by atoms with E-state index in [0.717, 1.165) is 19.4 Å². The first-order valence-electron chi connectivity index (χ1n) is 7.66. The second-order valence-corrected chi connectivity index (χ2v) is 5.45. The zero-order valence-corrected chi connectivity index (χ0v) is 12.7. The SMILES string of the molecule is O=C(Nc1cccc(OCC2CCCO2)c1)c1ccccc1O. The lowest BCUT2D eigenvalue weighted by molar-refractivity contribution is 0.0680. The molecule has 1 atom stereocenters. The van der Waals surface area contributed by atoms with Crippen LogP contribution in [0.2, 0.25) is 0 Å². The summed E-state index contributed by atoms with van der Waals surface area (Å²) in [6.07, 6.45) is 2.24. The van der Waals surface area contributed by atoms with Crippen molar-refractivity contribution in [3.63, 3.8) is 0 Å². The number of hydrogen-bond donors (Lipinski definition) is 2. The van der Waals surface area contributed by atoms with Crippen molar-refractivity contribution < 1.29 is 19.4 Å². The van der Waals surface area contributed by atoms with Crippen molar-refractivity contribution in [2.24, 2.45) is 0 Å². The first kappa shape index (κ1) is 15.4. The number of anilines is 1. The van der Waals surface area contributed by atoms with Gasteiger partial charge in [-0.2, -0.15) is 0 Å². The summed E-state index contributed by atoms with van der Waals surface area (Å²) in [6.45, 7) is 1.31. The molecule has 0 radical (unpaired) electrons. The molecule has 1 fully saturated rings. The first-order chi connectivity index (χ1) is 11.2. The molecule has 1 heterocycles. The molecule has 1 aliphatic rings. The first-order valence-corrected chi connectivity index (χ1v) is 7.66. The Labute approximate surface area is 134 Å². The number of carbonyl (C=O) groups is 1. The van der Waals surface area contributed by atoms with E-state index in [-0.39, 0.29) is 23.3 Å². The molecule has 0 spiro atoms. The van der Waals surface area contributed by atoms with Gasteiger partial charge in [0, 0.05) is 18.4 Å². The van der Waals surface area contributed by atoms with Crippen LogP contribution in [0.4, 0.5) is 5.69 Å². The van der Waals surface area contributed by atoms with Crippen LogP contribution >= 0.6 is 0 Å². The molecule has 2 aromatic carbocycles. The molecule has 0 aromatic heterocycles. The maximum atomic E-state index is 12.2. The fourth-order valence-corrected chi connectivity index (χ4v) is 2.49. The molecule has 1 amide bonds. The van der Waals surface area contributed by atoms with Crippen LogP contribution in [0, 0.1) is 0 Å². The van der Waals surface area contributed by atoms with Crippen molar-refractivity contribution in [3.05, 3.63) is 54.1 Å². The van der Waals surface area contributed by atoms with Crippen molar-refractivity contribution in [2.75, 3.05) is 18.5 Å². The van der Waals surface area contributed by atoms with Gasteiger partial charge in [0.15, 0.2) is 0 Å². The average molecular weight is 313 g/mol. The highest BCUT2D eigenvalue weighted by atomic mass is 16.5. The van der Waals surface area contributed by atoms with Crippen LogP contribution in [0.3, 0.4) is 0 Å². The zero-order valence-electron chi connectivity index (χ0n) is 12.7. The van der Waals surface area contributed by atoms with Gasteiger partial charge in [0.25, 0.3) is 5.91 Å². The fourth-order valence-electron chi connectivity index (χ4n) is 2.49. The normalized spacial score (nSPS) is 17.0. The predicted molar refractivity (Wildman–Crippen MR) is 87.0 cm³/mol. The third kappa shape index (κ3) is 4.02. The van der Waals surface area contributed by atoms with Crippen LogP contribution < -0.4 is 10.1 Å². The molecule has 0 aliphatic carbocycles. The number of para-hydroxylation sites is 1. The number of aromatic hydroxyl groups is 1. The van der Waals surface area contributed by atoms with Crippen molar-refractivity contribution in [1.82, 2.24) is 0 Å². The smallest absolute Gasteiger partial charge is 0.259 e. The molecular weight excluding hydrogens is 294 g/mol. The maximum Gasteiger partial charge on any atom is 0.259 e. The van der Waals surface area contributed by atoms with E-state index in [1.807, 2.05) is 12.1 Å². The maximum absolute atomic E-state index is 12.2. The molecule has 5 heteroatoms. The van der Waals surface area contributed by atoms with Crippen LogP contribution in [0.1, 0.15) is 23.2 Å². The van der Waals surface area contributed by atoms with Gasteiger partial charge >= 0.3 is 0 Å². The molecule has 1 saturated heterocycles. The number of amides is 1. The summed E-state index contributed by atoms with van der Waals surface area (Å²) in [7, 11) is 0. The van der Waals surface area contributed by atoms with Gasteiger partial charge in [0.1, 0.15) is 18.1 Å². The Balaban J connectivity index is 1.63. The Kier molecular flexibility index (Phi) is 4.78. The molecule has 23 heavy (non-hydrogen) atoms. The number of phenols is 1. The standard InChI is InChI=1S/C18H19NO4/c20-17-9-2-1-8-16(17)18(21)19-13-5-3-6-14(11-13)23-12-15-7-4-10-22-15/h1-3,5-6,8-9,11,15,20H,4,7,10,12H2,(H,19,21). The summed E-state index contributed by atoms with van der Waals surface area (Å²) in [5, 5.41) is 12.5. The minimum Gasteiger partial charge on any atom is -0.507 e. The van der Waals surface area contributed by atoms with E-state index in [0.29, 0.717) is 18.0 Å². The molecule has 120 valence electrons. The van der Waals surface area contributed by atoms with Crippen LogP contribution in [0.25, 0.3) is 0 Å². The van der Waals surface area contributed by atoms with Gasteiger partial charge in [-0.05, 0) is 37.1 Å². The average Bonchev–Trinajstić information content (AvgIpc) is 3.07. The molecule has 0 saturated carbocycles. The molecule has 0 bridgehead atoms. The van der Waals surface area contributed by atoms with Crippen LogP contribution in [-0.4, -0.2) is 30.3 Å². The van der Waals surface area contributed by atoms with Gasteiger partial charge in [-0.15, -0.1) is 0 Å². The monoisotopic (exact) mass is 313 g/mol. The van der Waals surface area contributed by atoms with E-state index >= 15 is 0 Å². The third-order valence-corrected chi connectivity index (χ3v) is 3.70. The van der Waals surface area contributed by atoms with Crippen molar-refractivity contribution in [2.45, 2.75) is 18.9 Å². The minimum atomic E-state index is -0.362. The second kappa shape index (κ2) is 7.15. The summed E-state index contributed by atoms with van der Waals surface area (Å²) >= 11 is 0. The van der Waals surface area contributed by atoms with Crippen LogP contribution in [0.5, 0.6) is 11.5 Å². The highest BCUT2D eigenvalue weighted by molar-refractivity contribution is 6.06. The lowest BCUT2D eigenvalue weighted by Crippen LogP contribution is -2.16. The third-order valence-electron chi connectivity index (χ3n) is 3.70. The fraction of sp³-hybridized carbons (Fsp3) is 0.278. The van der Waals surface area contributed by atoms with E-state index < -0.39 is 0 Å². The molecule has 2 N–H and O–H groups in total. The number of hydrogen-bond acceptors (Lipinski definition) is 4. The molecule has 1 unspecified atom stereocenters. The summed E-state index contributed by atoms with van der Waals surface area (Å²) < 4.78 is 11.2. The highest BCUT2D eigenvalue weighted by Gasteiger charge is 2.16. The van der Waals surface area contributed by atoms with E-state index in [1.54, 1.807) is 30.3 Å². The largest absolute Gasteiger partial charge is 0.507 e. The van der Waals surface area contributed by atoms with Gasteiger partial charge in [0.05, 0.1) is 11.7 Å². The predicted octanol–water partition coefficient (Wildman–Crippen LogP) is 3.20. The Morgan fingerprint density at radius 3 is 2.91 bits per heavy atom. The van der Waals surface area contributed by atoms with Crippen LogP contribution in [-0.2, 0) is 4.74 Å². The Morgan fingerprint density at radius 1 is 1.26 bits per heavy atom. The quantitative estimate of drug-likeness (QED) is 0.889.